The molecule has 2 saturated carbocycles. The van der Waals surface area contributed by atoms with Crippen LogP contribution in [-0.4, -0.2) is 54.8 Å². The predicted molar refractivity (Wildman–Crippen MR) is 165 cm³/mol. The molecule has 0 radical (unpaired) electrons. The molecule has 41 heavy (non-hydrogen) atoms. The average molecular weight is 557 g/mol. The fourth-order valence-corrected chi connectivity index (χ4v) is 6.49. The van der Waals surface area contributed by atoms with Gasteiger partial charge in [0, 0.05) is 37.8 Å². The van der Waals surface area contributed by atoms with Crippen molar-refractivity contribution in [2.24, 2.45) is 11.8 Å². The topological polar surface area (TPSA) is 78.8 Å². The minimum atomic E-state index is -0.281. The van der Waals surface area contributed by atoms with Gasteiger partial charge in [-0.25, -0.2) is 4.98 Å². The SMILES string of the molecule is COc1ccc(C2CCC(CN(C(=O)C3CCC(O)CC3)c3cccc(-c4cnc(N(C)C)cn4)c3)CC2)cc1C. The van der Waals surface area contributed by atoms with Crippen LogP contribution in [0.5, 0.6) is 5.75 Å². The number of aliphatic hydroxyl groups excluding tert-OH is 1. The number of methoxy groups -OCH3 is 1. The highest BCUT2D eigenvalue weighted by Gasteiger charge is 2.32. The number of aliphatic hydroxyl groups is 1. The number of rotatable bonds is 8. The first kappa shape index (κ1) is 29.1. The van der Waals surface area contributed by atoms with Gasteiger partial charge in [-0.05, 0) is 99.5 Å². The molecule has 218 valence electrons. The number of carbonyl (C=O) groups is 1. The number of nitrogens with zero attached hydrogens (tertiary/aromatic N) is 4. The largest absolute Gasteiger partial charge is 0.496 e. The lowest BCUT2D eigenvalue weighted by molar-refractivity contribution is -0.124. The van der Waals surface area contributed by atoms with Crippen LogP contribution in [0.25, 0.3) is 11.3 Å². The summed E-state index contributed by atoms with van der Waals surface area (Å²) in [4.78, 5) is 27.2. The first-order valence-corrected chi connectivity index (χ1v) is 15.1. The van der Waals surface area contributed by atoms with E-state index in [0.717, 1.165) is 73.6 Å². The van der Waals surface area contributed by atoms with E-state index < -0.39 is 0 Å². The molecule has 7 nitrogen and oxygen atoms in total. The zero-order chi connectivity index (χ0) is 28.9. The Labute approximate surface area is 244 Å². The number of ether oxygens (including phenoxy) is 1. The Morgan fingerprint density at radius 3 is 2.34 bits per heavy atom. The lowest BCUT2D eigenvalue weighted by Crippen LogP contribution is -2.41. The smallest absolute Gasteiger partial charge is 0.230 e. The average Bonchev–Trinajstić information content (AvgIpc) is 3.00. The molecule has 2 fully saturated rings. The fraction of sp³-hybridized carbons (Fsp3) is 0.500. The van der Waals surface area contributed by atoms with Gasteiger partial charge in [-0.2, -0.15) is 0 Å². The second kappa shape index (κ2) is 13.0. The van der Waals surface area contributed by atoms with Crippen LogP contribution in [0, 0.1) is 18.8 Å². The highest BCUT2D eigenvalue weighted by atomic mass is 16.5. The quantitative estimate of drug-likeness (QED) is 0.347. The maximum Gasteiger partial charge on any atom is 0.230 e. The number of carbonyl (C=O) groups excluding carboxylic acids is 1. The van der Waals surface area contributed by atoms with Crippen LogP contribution in [0.2, 0.25) is 0 Å². The Balaban J connectivity index is 1.34. The standard InChI is InChI=1S/C34H44N4O3/c1-23-18-27(14-17-32(23)41-4)25-10-8-24(9-11-25)22-38(34(40)26-12-15-30(39)16-13-26)29-7-5-6-28(19-29)31-20-36-33(21-35-31)37(2)3/h5-7,14,17-21,24-26,30,39H,8-13,15-16,22H2,1-4H3. The van der Waals surface area contributed by atoms with Gasteiger partial charge in [-0.3, -0.25) is 9.78 Å². The van der Waals surface area contributed by atoms with E-state index >= 15 is 0 Å². The normalized spacial score (nSPS) is 22.7. The first-order valence-electron chi connectivity index (χ1n) is 15.1. The van der Waals surface area contributed by atoms with Crippen LogP contribution in [0.1, 0.15) is 68.4 Å². The number of hydrogen-bond acceptors (Lipinski definition) is 6. The van der Waals surface area contributed by atoms with Gasteiger partial charge in [0.25, 0.3) is 0 Å². The highest BCUT2D eigenvalue weighted by molar-refractivity contribution is 5.95. The third-order valence-electron chi connectivity index (χ3n) is 9.04. The zero-order valence-corrected chi connectivity index (χ0v) is 24.9. The van der Waals surface area contributed by atoms with Crippen molar-refractivity contribution in [3.8, 4) is 17.0 Å². The molecule has 0 unspecified atom stereocenters. The molecule has 1 heterocycles. The molecule has 2 aromatic carbocycles. The monoisotopic (exact) mass is 556 g/mol. The van der Waals surface area contributed by atoms with Crippen molar-refractivity contribution >= 4 is 17.4 Å². The van der Waals surface area contributed by atoms with Crippen LogP contribution in [0.4, 0.5) is 11.5 Å². The van der Waals surface area contributed by atoms with Crippen molar-refractivity contribution in [1.82, 2.24) is 9.97 Å². The number of benzene rings is 2. The van der Waals surface area contributed by atoms with Gasteiger partial charge in [0.1, 0.15) is 11.6 Å². The van der Waals surface area contributed by atoms with E-state index in [9.17, 15) is 9.90 Å². The predicted octanol–water partition coefficient (Wildman–Crippen LogP) is 6.38. The molecular formula is C34H44N4O3. The molecule has 0 bridgehead atoms. The van der Waals surface area contributed by atoms with Gasteiger partial charge in [0.2, 0.25) is 5.91 Å². The summed E-state index contributed by atoms with van der Waals surface area (Å²) in [5.74, 6) is 2.89. The van der Waals surface area contributed by atoms with Gasteiger partial charge < -0.3 is 19.6 Å². The van der Waals surface area contributed by atoms with Gasteiger partial charge >= 0.3 is 0 Å². The second-order valence-electron chi connectivity index (χ2n) is 12.1. The van der Waals surface area contributed by atoms with Crippen LogP contribution >= 0.6 is 0 Å². The Morgan fingerprint density at radius 1 is 0.951 bits per heavy atom. The van der Waals surface area contributed by atoms with Crippen LogP contribution < -0.4 is 14.5 Å². The van der Waals surface area contributed by atoms with Crippen molar-refractivity contribution in [2.45, 2.75) is 70.3 Å². The molecule has 1 amide bonds. The molecule has 1 aromatic heterocycles. The van der Waals surface area contributed by atoms with Gasteiger partial charge in [-0.15, -0.1) is 0 Å². The number of anilines is 2. The Morgan fingerprint density at radius 2 is 1.71 bits per heavy atom. The van der Waals surface area contributed by atoms with E-state index in [1.54, 1.807) is 19.5 Å². The van der Waals surface area contributed by atoms with Gasteiger partial charge in [0.05, 0.1) is 31.3 Å². The molecule has 2 aliphatic carbocycles. The molecule has 1 N–H and O–H groups in total. The number of aromatic nitrogens is 2. The summed E-state index contributed by atoms with van der Waals surface area (Å²) in [6, 6.07) is 14.8. The Kier molecular flexibility index (Phi) is 9.23. The first-order chi connectivity index (χ1) is 19.8. The van der Waals surface area contributed by atoms with E-state index in [0.29, 0.717) is 24.7 Å². The summed E-state index contributed by atoms with van der Waals surface area (Å²) < 4.78 is 5.46. The van der Waals surface area contributed by atoms with E-state index in [4.69, 9.17) is 4.74 Å². The lowest BCUT2D eigenvalue weighted by Gasteiger charge is -2.36. The van der Waals surface area contributed by atoms with E-state index in [1.807, 2.05) is 42.1 Å². The zero-order valence-electron chi connectivity index (χ0n) is 24.9. The second-order valence-corrected chi connectivity index (χ2v) is 12.1. The maximum atomic E-state index is 14.0. The van der Waals surface area contributed by atoms with Crippen molar-refractivity contribution < 1.29 is 14.6 Å². The fourth-order valence-electron chi connectivity index (χ4n) is 6.49. The molecule has 5 rings (SSSR count). The van der Waals surface area contributed by atoms with Crippen molar-refractivity contribution in [1.29, 1.82) is 0 Å². The van der Waals surface area contributed by atoms with Gasteiger partial charge in [0.15, 0.2) is 0 Å². The summed E-state index contributed by atoms with van der Waals surface area (Å²) in [6.07, 6.45) is 10.6. The summed E-state index contributed by atoms with van der Waals surface area (Å²) in [5.41, 5.74) is 5.24. The molecule has 0 saturated heterocycles. The van der Waals surface area contributed by atoms with Crippen LogP contribution in [-0.2, 0) is 4.79 Å². The van der Waals surface area contributed by atoms with E-state index in [1.165, 1.54) is 11.1 Å². The van der Waals surface area contributed by atoms with E-state index in [-0.39, 0.29) is 17.9 Å². The van der Waals surface area contributed by atoms with Gasteiger partial charge in [-0.1, -0.05) is 24.3 Å². The number of aryl methyl sites for hydroxylation is 1. The molecule has 3 aromatic rings. The molecule has 0 atom stereocenters. The molecular weight excluding hydrogens is 512 g/mol. The van der Waals surface area contributed by atoms with Crippen molar-refractivity contribution in [2.75, 3.05) is 37.5 Å². The Hall–Kier alpha value is -3.45. The van der Waals surface area contributed by atoms with Crippen LogP contribution in [0.15, 0.2) is 54.9 Å². The molecule has 7 heteroatoms. The maximum absolute atomic E-state index is 14.0. The third-order valence-corrected chi connectivity index (χ3v) is 9.04. The molecule has 0 spiro atoms. The van der Waals surface area contributed by atoms with Crippen molar-refractivity contribution in [3.05, 3.63) is 66.0 Å². The van der Waals surface area contributed by atoms with E-state index in [2.05, 4.69) is 41.2 Å². The summed E-state index contributed by atoms with van der Waals surface area (Å²) in [6.45, 7) is 2.83. The Bertz CT molecular complexity index is 1310. The third kappa shape index (κ3) is 6.89. The minimum absolute atomic E-state index is 0.0418. The molecule has 0 aliphatic heterocycles. The molecule has 2 aliphatic rings. The van der Waals surface area contributed by atoms with Crippen molar-refractivity contribution in [3.63, 3.8) is 0 Å². The lowest BCUT2D eigenvalue weighted by atomic mass is 9.78. The number of amides is 1. The number of hydrogen-bond donors (Lipinski definition) is 1. The summed E-state index contributed by atoms with van der Waals surface area (Å²) >= 11 is 0. The highest BCUT2D eigenvalue weighted by Crippen LogP contribution is 2.39. The van der Waals surface area contributed by atoms with Crippen LogP contribution in [0.3, 0.4) is 0 Å². The minimum Gasteiger partial charge on any atom is -0.496 e. The summed E-state index contributed by atoms with van der Waals surface area (Å²) in [7, 11) is 5.62. The summed E-state index contributed by atoms with van der Waals surface area (Å²) in [5, 5.41) is 10.1.